The minimum atomic E-state index is 0.891. The average molecular weight is 288 g/mol. The van der Waals surface area contributed by atoms with E-state index in [0.29, 0.717) is 0 Å². The lowest BCUT2D eigenvalue weighted by Gasteiger charge is -2.18. The third-order valence-corrected chi connectivity index (χ3v) is 3.97. The SMILES string of the molecule is Cc1ccc(CN2CCc3ncc(CN(C)C)n3CC2)o1. The van der Waals surface area contributed by atoms with E-state index < -0.39 is 0 Å². The number of imidazole rings is 1. The second kappa shape index (κ2) is 6.03. The molecule has 2 aromatic rings. The molecule has 0 atom stereocenters. The molecule has 1 aliphatic heterocycles. The summed E-state index contributed by atoms with van der Waals surface area (Å²) in [6.45, 7) is 6.93. The molecule has 2 aromatic heterocycles. The molecule has 114 valence electrons. The zero-order chi connectivity index (χ0) is 14.8. The molecule has 0 saturated carbocycles. The van der Waals surface area contributed by atoms with E-state index in [4.69, 9.17) is 4.42 Å². The van der Waals surface area contributed by atoms with E-state index in [1.54, 1.807) is 0 Å². The first-order chi connectivity index (χ1) is 10.1. The fourth-order valence-electron chi connectivity index (χ4n) is 2.94. The Labute approximate surface area is 126 Å². The molecule has 21 heavy (non-hydrogen) atoms. The highest BCUT2D eigenvalue weighted by molar-refractivity contribution is 5.09. The van der Waals surface area contributed by atoms with Crippen LogP contribution in [0.3, 0.4) is 0 Å². The standard InChI is InChI=1S/C16H24N4O/c1-13-4-5-15(21-13)12-19-7-6-16-17-10-14(11-18(2)3)20(16)9-8-19/h4-5,10H,6-9,11-12H2,1-3H3. The Kier molecular flexibility index (Phi) is 4.12. The highest BCUT2D eigenvalue weighted by Crippen LogP contribution is 2.15. The molecule has 0 bridgehead atoms. The molecule has 0 aromatic carbocycles. The summed E-state index contributed by atoms with van der Waals surface area (Å²) < 4.78 is 8.07. The van der Waals surface area contributed by atoms with E-state index >= 15 is 0 Å². The van der Waals surface area contributed by atoms with E-state index in [0.717, 1.165) is 50.7 Å². The number of fused-ring (bicyclic) bond motifs is 1. The number of aryl methyl sites for hydroxylation is 1. The van der Waals surface area contributed by atoms with Gasteiger partial charge < -0.3 is 13.9 Å². The number of furan rings is 1. The summed E-state index contributed by atoms with van der Waals surface area (Å²) in [5.41, 5.74) is 1.31. The number of hydrogen-bond donors (Lipinski definition) is 0. The van der Waals surface area contributed by atoms with E-state index in [9.17, 15) is 0 Å². The molecule has 0 amide bonds. The van der Waals surface area contributed by atoms with Crippen molar-refractivity contribution in [1.82, 2.24) is 19.4 Å². The average Bonchev–Trinajstić information content (AvgIpc) is 2.93. The van der Waals surface area contributed by atoms with Gasteiger partial charge in [0.1, 0.15) is 17.3 Å². The zero-order valence-corrected chi connectivity index (χ0v) is 13.2. The fraction of sp³-hybridized carbons (Fsp3) is 0.562. The lowest BCUT2D eigenvalue weighted by Crippen LogP contribution is -2.26. The quantitative estimate of drug-likeness (QED) is 0.861. The van der Waals surface area contributed by atoms with E-state index in [1.807, 2.05) is 19.2 Å². The topological polar surface area (TPSA) is 37.4 Å². The summed E-state index contributed by atoms with van der Waals surface area (Å²) in [7, 11) is 4.20. The molecule has 1 aliphatic rings. The minimum Gasteiger partial charge on any atom is -0.465 e. The van der Waals surface area contributed by atoms with E-state index in [2.05, 4.69) is 39.5 Å². The van der Waals surface area contributed by atoms with Gasteiger partial charge in [0.05, 0.1) is 12.2 Å². The number of rotatable bonds is 4. The molecular formula is C16H24N4O. The second-order valence-electron chi connectivity index (χ2n) is 6.09. The summed E-state index contributed by atoms with van der Waals surface area (Å²) in [5, 5.41) is 0. The summed E-state index contributed by atoms with van der Waals surface area (Å²) in [5.74, 6) is 3.26. The monoisotopic (exact) mass is 288 g/mol. The van der Waals surface area contributed by atoms with Gasteiger partial charge in [-0.3, -0.25) is 4.90 Å². The smallest absolute Gasteiger partial charge is 0.118 e. The third-order valence-electron chi connectivity index (χ3n) is 3.97. The van der Waals surface area contributed by atoms with E-state index in [1.165, 1.54) is 11.5 Å². The molecule has 0 radical (unpaired) electrons. The van der Waals surface area contributed by atoms with Gasteiger partial charge in [-0.15, -0.1) is 0 Å². The van der Waals surface area contributed by atoms with Gasteiger partial charge in [-0.05, 0) is 33.2 Å². The van der Waals surface area contributed by atoms with Crippen molar-refractivity contribution >= 4 is 0 Å². The molecule has 3 rings (SSSR count). The van der Waals surface area contributed by atoms with Crippen molar-refractivity contribution in [3.8, 4) is 0 Å². The van der Waals surface area contributed by atoms with Gasteiger partial charge in [0.15, 0.2) is 0 Å². The molecule has 0 aliphatic carbocycles. The number of nitrogens with zero attached hydrogens (tertiary/aromatic N) is 4. The zero-order valence-electron chi connectivity index (χ0n) is 13.2. The Bertz CT molecular complexity index is 599. The van der Waals surface area contributed by atoms with Crippen molar-refractivity contribution in [2.24, 2.45) is 0 Å². The van der Waals surface area contributed by atoms with Crippen LogP contribution in [0.1, 0.15) is 23.0 Å². The van der Waals surface area contributed by atoms with Crippen LogP contribution in [0.4, 0.5) is 0 Å². The molecular weight excluding hydrogens is 264 g/mol. The molecule has 5 heteroatoms. The Hall–Kier alpha value is -1.59. The molecule has 5 nitrogen and oxygen atoms in total. The Morgan fingerprint density at radius 1 is 1.24 bits per heavy atom. The van der Waals surface area contributed by atoms with Crippen LogP contribution in [0.5, 0.6) is 0 Å². The Morgan fingerprint density at radius 2 is 2.10 bits per heavy atom. The third kappa shape index (κ3) is 3.36. The summed E-state index contributed by atoms with van der Waals surface area (Å²) in [6.07, 6.45) is 3.04. The van der Waals surface area contributed by atoms with Crippen LogP contribution >= 0.6 is 0 Å². The highest BCUT2D eigenvalue weighted by atomic mass is 16.3. The first-order valence-electron chi connectivity index (χ1n) is 7.57. The Morgan fingerprint density at radius 3 is 2.81 bits per heavy atom. The van der Waals surface area contributed by atoms with Crippen molar-refractivity contribution < 1.29 is 4.42 Å². The molecule has 0 unspecified atom stereocenters. The number of aromatic nitrogens is 2. The maximum atomic E-state index is 5.69. The van der Waals surface area contributed by atoms with Gasteiger partial charge in [0.25, 0.3) is 0 Å². The maximum absolute atomic E-state index is 5.69. The van der Waals surface area contributed by atoms with Crippen LogP contribution < -0.4 is 0 Å². The summed E-state index contributed by atoms with van der Waals surface area (Å²) in [6, 6.07) is 4.11. The van der Waals surface area contributed by atoms with Crippen LogP contribution in [-0.2, 0) is 26.1 Å². The van der Waals surface area contributed by atoms with Crippen molar-refractivity contribution in [1.29, 1.82) is 0 Å². The minimum absolute atomic E-state index is 0.891. The lowest BCUT2D eigenvalue weighted by molar-refractivity contribution is 0.246. The van der Waals surface area contributed by atoms with Crippen LogP contribution in [0.2, 0.25) is 0 Å². The van der Waals surface area contributed by atoms with Gasteiger partial charge in [-0.2, -0.15) is 0 Å². The second-order valence-corrected chi connectivity index (χ2v) is 6.09. The van der Waals surface area contributed by atoms with Gasteiger partial charge in [-0.25, -0.2) is 4.98 Å². The Balaban J connectivity index is 1.66. The predicted molar refractivity (Wildman–Crippen MR) is 82.0 cm³/mol. The molecule has 0 spiro atoms. The van der Waals surface area contributed by atoms with Crippen LogP contribution in [0.25, 0.3) is 0 Å². The highest BCUT2D eigenvalue weighted by Gasteiger charge is 2.18. The van der Waals surface area contributed by atoms with Gasteiger partial charge in [0.2, 0.25) is 0 Å². The van der Waals surface area contributed by atoms with Crippen molar-refractivity contribution in [3.05, 3.63) is 41.4 Å². The lowest BCUT2D eigenvalue weighted by atomic mass is 10.3. The van der Waals surface area contributed by atoms with Gasteiger partial charge in [-0.1, -0.05) is 0 Å². The maximum Gasteiger partial charge on any atom is 0.118 e. The van der Waals surface area contributed by atoms with Crippen molar-refractivity contribution in [2.75, 3.05) is 27.2 Å². The normalized spacial score (nSPS) is 16.2. The first-order valence-corrected chi connectivity index (χ1v) is 7.57. The number of hydrogen-bond acceptors (Lipinski definition) is 4. The molecule has 0 fully saturated rings. The van der Waals surface area contributed by atoms with E-state index in [-0.39, 0.29) is 0 Å². The predicted octanol–water partition coefficient (Wildman–Crippen LogP) is 1.90. The molecule has 3 heterocycles. The van der Waals surface area contributed by atoms with Crippen molar-refractivity contribution in [3.63, 3.8) is 0 Å². The van der Waals surface area contributed by atoms with Crippen LogP contribution in [-0.4, -0.2) is 46.5 Å². The summed E-state index contributed by atoms with van der Waals surface area (Å²) in [4.78, 5) is 9.25. The van der Waals surface area contributed by atoms with Crippen LogP contribution in [0.15, 0.2) is 22.7 Å². The van der Waals surface area contributed by atoms with Crippen LogP contribution in [0, 0.1) is 6.92 Å². The van der Waals surface area contributed by atoms with Gasteiger partial charge in [0, 0.05) is 38.8 Å². The van der Waals surface area contributed by atoms with Crippen molar-refractivity contribution in [2.45, 2.75) is 33.0 Å². The largest absolute Gasteiger partial charge is 0.465 e. The molecule has 0 N–H and O–H groups in total. The van der Waals surface area contributed by atoms with Gasteiger partial charge >= 0.3 is 0 Å². The summed E-state index contributed by atoms with van der Waals surface area (Å²) >= 11 is 0. The fourth-order valence-corrected chi connectivity index (χ4v) is 2.94. The first kappa shape index (κ1) is 14.4. The molecule has 0 saturated heterocycles.